The second-order valence-electron chi connectivity index (χ2n) is 3.86. The molecule has 0 spiro atoms. The van der Waals surface area contributed by atoms with Crippen molar-refractivity contribution in [3.8, 4) is 0 Å². The Labute approximate surface area is 99.1 Å². The van der Waals surface area contributed by atoms with E-state index in [2.05, 4.69) is 0 Å². The molecule has 92 valence electrons. The van der Waals surface area contributed by atoms with Crippen LogP contribution in [0.15, 0.2) is 29.2 Å². The summed E-state index contributed by atoms with van der Waals surface area (Å²) >= 11 is 0. The molecule has 0 bridgehead atoms. The number of rotatable bonds is 4. The molecule has 1 saturated heterocycles. The molecule has 1 aliphatic rings. The first-order chi connectivity index (χ1) is 7.98. The van der Waals surface area contributed by atoms with Crippen molar-refractivity contribution in [1.82, 2.24) is 4.31 Å². The molecular formula is C10H12N2O4S. The monoisotopic (exact) mass is 256 g/mol. The Kier molecular flexibility index (Phi) is 2.88. The lowest BCUT2D eigenvalue weighted by Gasteiger charge is -2.05. The fraction of sp³-hybridized carbons (Fsp3) is 0.400. The standard InChI is InChI=1S/C10H12N2O4S/c1-2-8-7-11(8)17(15,16)10-6-4-3-5-9(10)12(13)14/h3-6,8H,2,7H2,1H3. The smallest absolute Gasteiger partial charge is 0.258 e. The first-order valence-corrected chi connectivity index (χ1v) is 6.67. The van der Waals surface area contributed by atoms with Gasteiger partial charge >= 0.3 is 0 Å². The molecule has 2 atom stereocenters. The first-order valence-electron chi connectivity index (χ1n) is 5.23. The molecule has 0 saturated carbocycles. The molecule has 1 aromatic rings. The second-order valence-corrected chi connectivity index (χ2v) is 5.72. The van der Waals surface area contributed by atoms with Crippen molar-refractivity contribution in [2.45, 2.75) is 24.3 Å². The Balaban J connectivity index is 2.44. The number of hydrogen-bond acceptors (Lipinski definition) is 4. The van der Waals surface area contributed by atoms with Crippen molar-refractivity contribution in [1.29, 1.82) is 0 Å². The normalized spacial score (nSPS) is 23.4. The third kappa shape index (κ3) is 2.03. The molecule has 2 rings (SSSR count). The van der Waals surface area contributed by atoms with Crippen LogP contribution in [-0.2, 0) is 10.0 Å². The van der Waals surface area contributed by atoms with Crippen LogP contribution in [0.4, 0.5) is 5.69 Å². The van der Waals surface area contributed by atoms with Crippen LogP contribution in [0.2, 0.25) is 0 Å². The lowest BCUT2D eigenvalue weighted by atomic mass is 10.3. The van der Waals surface area contributed by atoms with Crippen LogP contribution >= 0.6 is 0 Å². The van der Waals surface area contributed by atoms with Crippen molar-refractivity contribution in [3.05, 3.63) is 34.4 Å². The van der Waals surface area contributed by atoms with Crippen LogP contribution in [-0.4, -0.2) is 30.2 Å². The largest absolute Gasteiger partial charge is 0.289 e. The van der Waals surface area contributed by atoms with Crippen LogP contribution in [0.1, 0.15) is 13.3 Å². The third-order valence-corrected chi connectivity index (χ3v) is 4.75. The van der Waals surface area contributed by atoms with Crippen molar-refractivity contribution < 1.29 is 13.3 Å². The zero-order valence-electron chi connectivity index (χ0n) is 9.24. The molecule has 0 amide bonds. The SMILES string of the molecule is CCC1CN1S(=O)(=O)c1ccccc1[N+](=O)[O-]. The zero-order valence-corrected chi connectivity index (χ0v) is 10.1. The van der Waals surface area contributed by atoms with Crippen LogP contribution < -0.4 is 0 Å². The Hall–Kier alpha value is -1.47. The highest BCUT2D eigenvalue weighted by atomic mass is 32.2. The summed E-state index contributed by atoms with van der Waals surface area (Å²) in [5.41, 5.74) is -0.366. The summed E-state index contributed by atoms with van der Waals surface area (Å²) in [6.07, 6.45) is 0.722. The average Bonchev–Trinajstić information content (AvgIpc) is 3.08. The van der Waals surface area contributed by atoms with Gasteiger partial charge < -0.3 is 0 Å². The Morgan fingerprint density at radius 3 is 2.65 bits per heavy atom. The van der Waals surface area contributed by atoms with Gasteiger partial charge in [-0.15, -0.1) is 0 Å². The molecule has 1 aliphatic heterocycles. The van der Waals surface area contributed by atoms with Gasteiger partial charge in [0.1, 0.15) is 0 Å². The Morgan fingerprint density at radius 1 is 1.47 bits per heavy atom. The lowest BCUT2D eigenvalue weighted by molar-refractivity contribution is -0.387. The van der Waals surface area contributed by atoms with Crippen molar-refractivity contribution in [2.75, 3.05) is 6.54 Å². The van der Waals surface area contributed by atoms with Gasteiger partial charge in [0.25, 0.3) is 5.69 Å². The van der Waals surface area contributed by atoms with E-state index in [-0.39, 0.29) is 16.6 Å². The summed E-state index contributed by atoms with van der Waals surface area (Å²) in [5, 5.41) is 10.8. The molecule has 1 aromatic carbocycles. The van der Waals surface area contributed by atoms with Crippen molar-refractivity contribution in [3.63, 3.8) is 0 Å². The number of sulfonamides is 1. The molecule has 0 N–H and O–H groups in total. The van der Waals surface area contributed by atoms with Gasteiger partial charge in [-0.3, -0.25) is 10.1 Å². The van der Waals surface area contributed by atoms with Gasteiger partial charge in [0, 0.05) is 18.7 Å². The minimum Gasteiger partial charge on any atom is -0.258 e. The average molecular weight is 256 g/mol. The molecule has 0 aliphatic carbocycles. The van der Waals surface area contributed by atoms with E-state index in [0.717, 1.165) is 6.42 Å². The summed E-state index contributed by atoms with van der Waals surface area (Å²) < 4.78 is 25.5. The minimum atomic E-state index is -3.71. The molecule has 17 heavy (non-hydrogen) atoms. The second kappa shape index (κ2) is 4.08. The fourth-order valence-electron chi connectivity index (χ4n) is 1.74. The zero-order chi connectivity index (χ0) is 12.6. The molecular weight excluding hydrogens is 244 g/mol. The van der Waals surface area contributed by atoms with Crippen molar-refractivity contribution >= 4 is 15.7 Å². The lowest BCUT2D eigenvalue weighted by Crippen LogP contribution is -2.15. The van der Waals surface area contributed by atoms with E-state index in [1.807, 2.05) is 6.92 Å². The summed E-state index contributed by atoms with van der Waals surface area (Å²) in [6, 6.07) is 5.41. The highest BCUT2D eigenvalue weighted by molar-refractivity contribution is 7.89. The molecule has 1 heterocycles. The van der Waals surface area contributed by atoms with E-state index in [9.17, 15) is 18.5 Å². The van der Waals surface area contributed by atoms with Crippen LogP contribution in [0.5, 0.6) is 0 Å². The topological polar surface area (TPSA) is 80.3 Å². The Morgan fingerprint density at radius 2 is 2.12 bits per heavy atom. The molecule has 6 nitrogen and oxygen atoms in total. The van der Waals surface area contributed by atoms with Crippen LogP contribution in [0.3, 0.4) is 0 Å². The summed E-state index contributed by atoms with van der Waals surface area (Å²) in [7, 11) is -3.71. The third-order valence-electron chi connectivity index (χ3n) is 2.78. The minimum absolute atomic E-state index is 0.0141. The highest BCUT2D eigenvalue weighted by Gasteiger charge is 2.45. The molecule has 1 fully saturated rings. The van der Waals surface area contributed by atoms with Gasteiger partial charge in [0.2, 0.25) is 10.0 Å². The maximum Gasteiger partial charge on any atom is 0.289 e. The van der Waals surface area contributed by atoms with Crippen molar-refractivity contribution in [2.24, 2.45) is 0 Å². The molecule has 2 unspecified atom stereocenters. The highest BCUT2D eigenvalue weighted by Crippen LogP contribution is 2.34. The number of nitrogens with zero attached hydrogens (tertiary/aromatic N) is 2. The fourth-order valence-corrected chi connectivity index (χ4v) is 3.56. The Bertz CT molecular complexity index is 555. The first kappa shape index (κ1) is 12.0. The summed E-state index contributed by atoms with van der Waals surface area (Å²) in [5.74, 6) is 0. The van der Waals surface area contributed by atoms with Gasteiger partial charge in [-0.2, -0.15) is 4.31 Å². The maximum absolute atomic E-state index is 12.1. The van der Waals surface area contributed by atoms with E-state index in [0.29, 0.717) is 6.54 Å². The number of para-hydroxylation sites is 1. The maximum atomic E-state index is 12.1. The van der Waals surface area contributed by atoms with E-state index in [1.54, 1.807) is 0 Å². The predicted molar refractivity (Wildman–Crippen MR) is 61.1 cm³/mol. The van der Waals surface area contributed by atoms with E-state index in [1.165, 1.54) is 28.6 Å². The van der Waals surface area contributed by atoms with Crippen LogP contribution in [0.25, 0.3) is 0 Å². The number of benzene rings is 1. The number of hydrogen-bond donors (Lipinski definition) is 0. The van der Waals surface area contributed by atoms with Gasteiger partial charge in [-0.25, -0.2) is 8.42 Å². The van der Waals surface area contributed by atoms with E-state index >= 15 is 0 Å². The van der Waals surface area contributed by atoms with Gasteiger partial charge in [-0.05, 0) is 12.5 Å². The van der Waals surface area contributed by atoms with Crippen LogP contribution in [0, 0.1) is 10.1 Å². The molecule has 0 radical (unpaired) electrons. The number of nitro benzene ring substituents is 1. The van der Waals surface area contributed by atoms with Gasteiger partial charge in [0.15, 0.2) is 4.90 Å². The van der Waals surface area contributed by atoms with E-state index < -0.39 is 14.9 Å². The molecule has 7 heteroatoms. The summed E-state index contributed by atoms with van der Waals surface area (Å²) in [4.78, 5) is 9.89. The molecule has 0 aromatic heterocycles. The van der Waals surface area contributed by atoms with Gasteiger partial charge in [0.05, 0.1) is 4.92 Å². The van der Waals surface area contributed by atoms with E-state index in [4.69, 9.17) is 0 Å². The summed E-state index contributed by atoms with van der Waals surface area (Å²) in [6.45, 7) is 2.34. The van der Waals surface area contributed by atoms with Gasteiger partial charge in [-0.1, -0.05) is 19.1 Å². The quantitative estimate of drug-likeness (QED) is 0.463. The number of nitro groups is 1. The predicted octanol–water partition coefficient (Wildman–Crippen LogP) is 1.38.